The van der Waals surface area contributed by atoms with Gasteiger partial charge in [0.05, 0.1) is 59.3 Å². The number of anilines is 2. The van der Waals surface area contributed by atoms with Crippen LogP contribution in [0, 0.1) is 17.1 Å². The lowest BCUT2D eigenvalue weighted by atomic mass is 10.0. The number of rotatable bonds is 11. The maximum absolute atomic E-state index is 13.9. The molecule has 1 unspecified atom stereocenters. The molecule has 2 atom stereocenters. The highest BCUT2D eigenvalue weighted by atomic mass is 35.5. The molecule has 7 rings (SSSR count). The molecule has 9 nitrogen and oxygen atoms in total. The minimum atomic E-state index is -0.421. The molecule has 11 heteroatoms. The van der Waals surface area contributed by atoms with E-state index in [2.05, 4.69) is 49.0 Å². The average Bonchev–Trinajstić information content (AvgIpc) is 3.83. The smallest absolute Gasteiger partial charge is 0.123 e. The van der Waals surface area contributed by atoms with Crippen LogP contribution < -0.4 is 10.6 Å². The first-order valence-electron chi connectivity index (χ1n) is 15.6. The quantitative estimate of drug-likeness (QED) is 0.161. The van der Waals surface area contributed by atoms with Crippen molar-refractivity contribution >= 4 is 33.9 Å². The Labute approximate surface area is 272 Å². The number of nitrogens with zero attached hydrogens (tertiary/aromatic N) is 6. The van der Waals surface area contributed by atoms with Gasteiger partial charge in [-0.1, -0.05) is 59.3 Å². The van der Waals surface area contributed by atoms with Gasteiger partial charge in [0.1, 0.15) is 17.6 Å². The highest BCUT2D eigenvalue weighted by Gasteiger charge is 2.27. The summed E-state index contributed by atoms with van der Waals surface area (Å²) in [5.74, 6) is -0.315. The van der Waals surface area contributed by atoms with Crippen LogP contribution in [0.4, 0.5) is 15.8 Å². The molecule has 0 spiro atoms. The van der Waals surface area contributed by atoms with Gasteiger partial charge in [0.25, 0.3) is 0 Å². The standard InChI is InChI=1S/C35H34ClFN8O/c36-30-19-27(40-34(24-6-8-26(37)9-7-24)32-22-45(43-42-32)28-10-11-28)18-29-33(25(20-38)21-39-35(29)30)41-31(23-4-2-1-3-5-23)12-13-44-14-16-46-17-15-44/h1-9,18-19,21-22,28,31,34,40H,10-17H2,(H,39,41)/t31-,34?/m1/s1. The van der Waals surface area contributed by atoms with Crippen molar-refractivity contribution in [3.8, 4) is 6.07 Å². The minimum absolute atomic E-state index is 0.0680. The topological polar surface area (TPSA) is 104 Å². The number of nitrogens with one attached hydrogen (secondary N) is 2. The highest BCUT2D eigenvalue weighted by molar-refractivity contribution is 6.35. The van der Waals surface area contributed by atoms with Crippen LogP contribution >= 0.6 is 11.6 Å². The first kappa shape index (κ1) is 30.1. The van der Waals surface area contributed by atoms with Crippen LogP contribution in [-0.2, 0) is 4.74 Å². The van der Waals surface area contributed by atoms with Crippen molar-refractivity contribution in [1.29, 1.82) is 5.26 Å². The number of hydrogen-bond acceptors (Lipinski definition) is 8. The number of ether oxygens (including phenoxy) is 1. The number of nitriles is 1. The van der Waals surface area contributed by atoms with Gasteiger partial charge < -0.3 is 15.4 Å². The van der Waals surface area contributed by atoms with E-state index in [1.165, 1.54) is 12.1 Å². The molecule has 1 aliphatic heterocycles. The summed E-state index contributed by atoms with van der Waals surface area (Å²) in [6, 6.07) is 22.6. The Bertz CT molecular complexity index is 1850. The van der Waals surface area contributed by atoms with E-state index in [0.717, 1.165) is 68.6 Å². The second kappa shape index (κ2) is 13.4. The maximum Gasteiger partial charge on any atom is 0.123 e. The molecule has 234 valence electrons. The summed E-state index contributed by atoms with van der Waals surface area (Å²) >= 11 is 6.88. The average molecular weight is 637 g/mol. The summed E-state index contributed by atoms with van der Waals surface area (Å²) in [5, 5.41) is 27.5. The van der Waals surface area contributed by atoms with Crippen LogP contribution in [0.1, 0.15) is 59.8 Å². The molecule has 0 amide bonds. The molecule has 0 radical (unpaired) electrons. The van der Waals surface area contributed by atoms with Gasteiger partial charge in [0.2, 0.25) is 0 Å². The zero-order valence-electron chi connectivity index (χ0n) is 25.2. The number of benzene rings is 3. The first-order chi connectivity index (χ1) is 22.6. The molecule has 2 aromatic heterocycles. The van der Waals surface area contributed by atoms with Crippen LogP contribution in [0.2, 0.25) is 5.02 Å². The fourth-order valence-corrected chi connectivity index (χ4v) is 6.26. The van der Waals surface area contributed by atoms with Crippen LogP contribution in [0.25, 0.3) is 10.9 Å². The van der Waals surface area contributed by atoms with E-state index in [-0.39, 0.29) is 11.9 Å². The van der Waals surface area contributed by atoms with E-state index in [4.69, 9.17) is 16.3 Å². The van der Waals surface area contributed by atoms with Gasteiger partial charge in [-0.2, -0.15) is 5.26 Å². The molecule has 1 saturated heterocycles. The van der Waals surface area contributed by atoms with Crippen molar-refractivity contribution < 1.29 is 9.13 Å². The molecular weight excluding hydrogens is 603 g/mol. The summed E-state index contributed by atoms with van der Waals surface area (Å²) in [6.45, 7) is 4.16. The van der Waals surface area contributed by atoms with Crippen LogP contribution in [0.5, 0.6) is 0 Å². The second-order valence-corrected chi connectivity index (χ2v) is 12.3. The lowest BCUT2D eigenvalue weighted by Gasteiger charge is -2.29. The van der Waals surface area contributed by atoms with Crippen LogP contribution in [-0.4, -0.2) is 57.7 Å². The van der Waals surface area contributed by atoms with Gasteiger partial charge in [-0.15, -0.1) is 5.10 Å². The third-order valence-electron chi connectivity index (χ3n) is 8.66. The molecule has 5 aromatic rings. The van der Waals surface area contributed by atoms with E-state index in [1.54, 1.807) is 18.3 Å². The second-order valence-electron chi connectivity index (χ2n) is 11.8. The van der Waals surface area contributed by atoms with Gasteiger partial charge in [-0.3, -0.25) is 9.88 Å². The normalized spacial score (nSPS) is 16.5. The molecule has 1 saturated carbocycles. The Kier molecular flexibility index (Phi) is 8.79. The van der Waals surface area contributed by atoms with Gasteiger partial charge in [-0.05, 0) is 54.7 Å². The largest absolute Gasteiger partial charge is 0.379 e. The first-order valence-corrected chi connectivity index (χ1v) is 16.0. The van der Waals surface area contributed by atoms with Gasteiger partial charge in [0.15, 0.2) is 0 Å². The summed E-state index contributed by atoms with van der Waals surface area (Å²) in [5.41, 5.74) is 5.06. The third-order valence-corrected chi connectivity index (χ3v) is 8.95. The molecule has 2 aliphatic rings. The number of morpholine rings is 1. The molecule has 46 heavy (non-hydrogen) atoms. The molecule has 0 bridgehead atoms. The van der Waals surface area contributed by atoms with Crippen LogP contribution in [0.15, 0.2) is 79.1 Å². The van der Waals surface area contributed by atoms with Gasteiger partial charge in [-0.25, -0.2) is 9.07 Å². The summed E-state index contributed by atoms with van der Waals surface area (Å²) in [7, 11) is 0. The van der Waals surface area contributed by atoms with Crippen molar-refractivity contribution in [2.45, 2.75) is 37.4 Å². The van der Waals surface area contributed by atoms with Crippen molar-refractivity contribution in [3.63, 3.8) is 0 Å². The zero-order chi connectivity index (χ0) is 31.5. The summed E-state index contributed by atoms with van der Waals surface area (Å²) in [6.07, 6.45) is 6.51. The summed E-state index contributed by atoms with van der Waals surface area (Å²) < 4.78 is 21.4. The molecule has 3 aromatic carbocycles. The number of hydrogen-bond donors (Lipinski definition) is 2. The third kappa shape index (κ3) is 6.67. The van der Waals surface area contributed by atoms with E-state index in [9.17, 15) is 9.65 Å². The number of aromatic nitrogens is 4. The summed E-state index contributed by atoms with van der Waals surface area (Å²) in [4.78, 5) is 6.98. The van der Waals surface area contributed by atoms with Gasteiger partial charge in [0, 0.05) is 36.9 Å². The zero-order valence-corrected chi connectivity index (χ0v) is 26.0. The predicted molar refractivity (Wildman–Crippen MR) is 176 cm³/mol. The van der Waals surface area contributed by atoms with Gasteiger partial charge >= 0.3 is 0 Å². The van der Waals surface area contributed by atoms with Crippen molar-refractivity contribution in [3.05, 3.63) is 112 Å². The fraction of sp³-hybridized carbons (Fsp3) is 0.314. The Balaban J connectivity index is 1.25. The maximum atomic E-state index is 13.9. The van der Waals surface area contributed by atoms with Crippen molar-refractivity contribution in [2.24, 2.45) is 0 Å². The van der Waals surface area contributed by atoms with Crippen LogP contribution in [0.3, 0.4) is 0 Å². The SMILES string of the molecule is N#Cc1cnc2c(Cl)cc(NC(c3ccc(F)cc3)c3cn(C4CC4)nn3)cc2c1N[C@H](CCN1CCOCC1)c1ccccc1. The van der Waals surface area contributed by atoms with E-state index < -0.39 is 6.04 Å². The molecule has 2 N–H and O–H groups in total. The Morgan fingerprint density at radius 1 is 1.02 bits per heavy atom. The number of pyridine rings is 1. The lowest BCUT2D eigenvalue weighted by Crippen LogP contribution is -2.37. The molecule has 1 aliphatic carbocycles. The number of halogens is 2. The lowest BCUT2D eigenvalue weighted by molar-refractivity contribution is 0.0368. The Morgan fingerprint density at radius 3 is 2.54 bits per heavy atom. The van der Waals surface area contributed by atoms with Crippen molar-refractivity contribution in [1.82, 2.24) is 24.9 Å². The molecule has 2 fully saturated rings. The predicted octanol–water partition coefficient (Wildman–Crippen LogP) is 6.90. The van der Waals surface area contributed by atoms with E-state index in [1.807, 2.05) is 41.2 Å². The monoisotopic (exact) mass is 636 g/mol. The Hall–Kier alpha value is -4.56. The molecule has 3 heterocycles. The molecular formula is C35H34ClFN8O. The highest BCUT2D eigenvalue weighted by Crippen LogP contribution is 2.38. The van der Waals surface area contributed by atoms with Crippen molar-refractivity contribution in [2.75, 3.05) is 43.5 Å². The van der Waals surface area contributed by atoms with E-state index >= 15 is 0 Å². The van der Waals surface area contributed by atoms with E-state index in [0.29, 0.717) is 39.2 Å². The Morgan fingerprint density at radius 2 is 1.80 bits per heavy atom. The fourth-order valence-electron chi connectivity index (χ4n) is 5.99. The number of fused-ring (bicyclic) bond motifs is 1. The minimum Gasteiger partial charge on any atom is -0.379 e.